The van der Waals surface area contributed by atoms with Crippen molar-refractivity contribution in [2.45, 2.75) is 26.2 Å². The third-order valence-corrected chi connectivity index (χ3v) is 3.95. The largest absolute Gasteiger partial charge is 0.301 e. The average molecular weight is 277 g/mol. The van der Waals surface area contributed by atoms with E-state index in [0.29, 0.717) is 11.6 Å². The van der Waals surface area contributed by atoms with E-state index in [0.717, 1.165) is 17.7 Å². The molecule has 0 aliphatic heterocycles. The van der Waals surface area contributed by atoms with Crippen LogP contribution >= 0.6 is 11.3 Å². The molecule has 0 fully saturated rings. The van der Waals surface area contributed by atoms with E-state index in [4.69, 9.17) is 0 Å². The van der Waals surface area contributed by atoms with Crippen molar-refractivity contribution in [3.05, 3.63) is 5.01 Å². The van der Waals surface area contributed by atoms with Gasteiger partial charge in [-0.3, -0.25) is 4.79 Å². The molecule has 0 aromatic carbocycles. The highest BCUT2D eigenvalue weighted by atomic mass is 32.2. The number of amides is 1. The summed E-state index contributed by atoms with van der Waals surface area (Å²) in [4.78, 5) is 11.4. The maximum atomic E-state index is 11.4. The maximum Gasteiger partial charge on any atom is 0.226 e. The molecule has 0 radical (unpaired) electrons. The Morgan fingerprint density at radius 3 is 2.65 bits per heavy atom. The number of anilines is 1. The Bertz CT molecular complexity index is 481. The van der Waals surface area contributed by atoms with Crippen LogP contribution in [-0.2, 0) is 21.1 Å². The molecule has 0 unspecified atom stereocenters. The van der Waals surface area contributed by atoms with Crippen molar-refractivity contribution in [3.63, 3.8) is 0 Å². The predicted octanol–water partition coefficient (Wildman–Crippen LogP) is 0.864. The van der Waals surface area contributed by atoms with Crippen LogP contribution in [0.2, 0.25) is 0 Å². The molecule has 1 aromatic rings. The van der Waals surface area contributed by atoms with E-state index < -0.39 is 9.84 Å². The lowest BCUT2D eigenvalue weighted by atomic mass is 10.3. The van der Waals surface area contributed by atoms with Crippen LogP contribution in [0.4, 0.5) is 5.13 Å². The molecule has 1 aromatic heterocycles. The number of hydrogen-bond acceptors (Lipinski definition) is 6. The monoisotopic (exact) mass is 277 g/mol. The molecule has 6 nitrogen and oxygen atoms in total. The van der Waals surface area contributed by atoms with Crippen molar-refractivity contribution in [1.29, 1.82) is 0 Å². The van der Waals surface area contributed by atoms with E-state index in [1.807, 2.05) is 6.92 Å². The summed E-state index contributed by atoms with van der Waals surface area (Å²) in [6, 6.07) is 0. The molecule has 0 aliphatic rings. The van der Waals surface area contributed by atoms with E-state index in [9.17, 15) is 13.2 Å². The van der Waals surface area contributed by atoms with Crippen LogP contribution < -0.4 is 5.32 Å². The number of hydrogen-bond donors (Lipinski definition) is 1. The van der Waals surface area contributed by atoms with Gasteiger partial charge in [0, 0.05) is 12.7 Å². The molecule has 0 saturated carbocycles. The summed E-state index contributed by atoms with van der Waals surface area (Å²) in [6.07, 6.45) is 2.43. The van der Waals surface area contributed by atoms with E-state index in [-0.39, 0.29) is 18.1 Å². The summed E-state index contributed by atoms with van der Waals surface area (Å²) in [5.74, 6) is -0.205. The summed E-state index contributed by atoms with van der Waals surface area (Å²) < 4.78 is 21.7. The van der Waals surface area contributed by atoms with Crippen LogP contribution in [0.1, 0.15) is 24.8 Å². The van der Waals surface area contributed by atoms with Gasteiger partial charge in [0.05, 0.1) is 5.75 Å². The quantitative estimate of drug-likeness (QED) is 0.833. The number of aromatic nitrogens is 2. The van der Waals surface area contributed by atoms with Crippen molar-refractivity contribution in [2.75, 3.05) is 17.3 Å². The highest BCUT2D eigenvalue weighted by Crippen LogP contribution is 2.15. The Balaban J connectivity index is 2.34. The topological polar surface area (TPSA) is 89.0 Å². The van der Waals surface area contributed by atoms with E-state index in [1.165, 1.54) is 11.3 Å². The Morgan fingerprint density at radius 2 is 2.12 bits per heavy atom. The molecule has 1 amide bonds. The van der Waals surface area contributed by atoms with Crippen LogP contribution in [0.25, 0.3) is 0 Å². The lowest BCUT2D eigenvalue weighted by molar-refractivity contribution is -0.116. The summed E-state index contributed by atoms with van der Waals surface area (Å²) in [6.45, 7) is 1.96. The second-order valence-corrected chi connectivity index (χ2v) is 6.96. The van der Waals surface area contributed by atoms with Crippen LogP contribution in [0, 0.1) is 0 Å². The van der Waals surface area contributed by atoms with Gasteiger partial charge in [-0.15, -0.1) is 10.2 Å². The number of nitrogens with one attached hydrogen (secondary N) is 1. The van der Waals surface area contributed by atoms with Crippen molar-refractivity contribution in [1.82, 2.24) is 10.2 Å². The first-order chi connectivity index (χ1) is 7.90. The van der Waals surface area contributed by atoms with Crippen molar-refractivity contribution < 1.29 is 13.2 Å². The zero-order chi connectivity index (χ0) is 12.9. The van der Waals surface area contributed by atoms with E-state index >= 15 is 0 Å². The molecule has 0 bridgehead atoms. The SMILES string of the molecule is CCc1nnc(NC(=O)CCCS(C)(=O)=O)s1. The number of sulfone groups is 1. The van der Waals surface area contributed by atoms with Gasteiger partial charge in [0.1, 0.15) is 14.8 Å². The molecule has 1 heterocycles. The third kappa shape index (κ3) is 5.73. The van der Waals surface area contributed by atoms with Crippen molar-refractivity contribution in [2.24, 2.45) is 0 Å². The fraction of sp³-hybridized carbons (Fsp3) is 0.667. The molecule has 96 valence electrons. The van der Waals surface area contributed by atoms with Crippen LogP contribution in [0.5, 0.6) is 0 Å². The van der Waals surface area contributed by atoms with Gasteiger partial charge >= 0.3 is 0 Å². The minimum absolute atomic E-state index is 0.0246. The molecule has 1 N–H and O–H groups in total. The molecule has 0 atom stereocenters. The Hall–Kier alpha value is -1.02. The first-order valence-corrected chi connectivity index (χ1v) is 8.08. The van der Waals surface area contributed by atoms with Crippen LogP contribution in [0.15, 0.2) is 0 Å². The molecule has 0 aliphatic carbocycles. The van der Waals surface area contributed by atoms with Gasteiger partial charge in [-0.25, -0.2) is 8.42 Å². The average Bonchev–Trinajstić information content (AvgIpc) is 2.63. The number of nitrogens with zero attached hydrogens (tertiary/aromatic N) is 2. The molecule has 0 saturated heterocycles. The van der Waals surface area contributed by atoms with Gasteiger partial charge in [0.2, 0.25) is 11.0 Å². The lowest BCUT2D eigenvalue weighted by Crippen LogP contribution is -2.13. The molecule has 17 heavy (non-hydrogen) atoms. The van der Waals surface area contributed by atoms with Gasteiger partial charge in [0.25, 0.3) is 0 Å². The normalized spacial score (nSPS) is 11.4. The zero-order valence-electron chi connectivity index (χ0n) is 9.76. The highest BCUT2D eigenvalue weighted by molar-refractivity contribution is 7.90. The van der Waals surface area contributed by atoms with Crippen molar-refractivity contribution >= 4 is 32.2 Å². The molecule has 0 spiro atoms. The second kappa shape index (κ2) is 6.06. The van der Waals surface area contributed by atoms with E-state index in [2.05, 4.69) is 15.5 Å². The van der Waals surface area contributed by atoms with Gasteiger partial charge < -0.3 is 5.32 Å². The maximum absolute atomic E-state index is 11.4. The standard InChI is InChI=1S/C9H15N3O3S2/c1-3-8-11-12-9(16-8)10-7(13)5-4-6-17(2,14)15/h3-6H2,1-2H3,(H,10,12,13). The minimum atomic E-state index is -3.00. The molecular formula is C9H15N3O3S2. The number of aryl methyl sites for hydroxylation is 1. The van der Waals surface area contributed by atoms with Crippen LogP contribution in [-0.4, -0.2) is 36.5 Å². The summed E-state index contributed by atoms with van der Waals surface area (Å²) >= 11 is 1.33. The third-order valence-electron chi connectivity index (χ3n) is 1.93. The fourth-order valence-corrected chi connectivity index (χ4v) is 2.49. The minimum Gasteiger partial charge on any atom is -0.301 e. The molecular weight excluding hydrogens is 262 g/mol. The Morgan fingerprint density at radius 1 is 1.41 bits per heavy atom. The summed E-state index contributed by atoms with van der Waals surface area (Å²) in [5.41, 5.74) is 0. The van der Waals surface area contributed by atoms with Gasteiger partial charge in [0.15, 0.2) is 0 Å². The van der Waals surface area contributed by atoms with E-state index in [1.54, 1.807) is 0 Å². The predicted molar refractivity (Wildman–Crippen MR) is 66.9 cm³/mol. The Kier molecular flexibility index (Phi) is 5.01. The molecule has 8 heteroatoms. The zero-order valence-corrected chi connectivity index (χ0v) is 11.4. The van der Waals surface area contributed by atoms with Gasteiger partial charge in [-0.05, 0) is 12.8 Å². The summed E-state index contributed by atoms with van der Waals surface area (Å²) in [7, 11) is -3.00. The number of carbonyl (C=O) groups excluding carboxylic acids is 1. The number of rotatable bonds is 6. The van der Waals surface area contributed by atoms with Crippen LogP contribution in [0.3, 0.4) is 0 Å². The Labute approximate surface area is 104 Å². The lowest BCUT2D eigenvalue weighted by Gasteiger charge is -2.00. The van der Waals surface area contributed by atoms with Gasteiger partial charge in [-0.2, -0.15) is 0 Å². The summed E-state index contributed by atoms with van der Waals surface area (Å²) in [5, 5.41) is 11.6. The molecule has 1 rings (SSSR count). The first kappa shape index (κ1) is 14.0. The second-order valence-electron chi connectivity index (χ2n) is 3.64. The fourth-order valence-electron chi connectivity index (χ4n) is 1.12. The number of carbonyl (C=O) groups is 1. The smallest absolute Gasteiger partial charge is 0.226 e. The van der Waals surface area contributed by atoms with Gasteiger partial charge in [-0.1, -0.05) is 18.3 Å². The highest BCUT2D eigenvalue weighted by Gasteiger charge is 2.09. The first-order valence-electron chi connectivity index (χ1n) is 5.20. The van der Waals surface area contributed by atoms with Crippen molar-refractivity contribution in [3.8, 4) is 0 Å².